The molecule has 136 valence electrons. The third-order valence-electron chi connectivity index (χ3n) is 3.83. The second-order valence-corrected chi connectivity index (χ2v) is 5.76. The van der Waals surface area contributed by atoms with Crippen molar-refractivity contribution in [3.05, 3.63) is 36.0 Å². The summed E-state index contributed by atoms with van der Waals surface area (Å²) in [6.07, 6.45) is 0. The molecule has 0 amide bonds. The molecule has 1 aliphatic rings. The summed E-state index contributed by atoms with van der Waals surface area (Å²) in [6.45, 7) is 4.40. The molecule has 0 aromatic heterocycles. The van der Waals surface area contributed by atoms with Gasteiger partial charge in [0.05, 0.1) is 26.9 Å². The van der Waals surface area contributed by atoms with Gasteiger partial charge in [-0.3, -0.25) is 4.79 Å². The van der Waals surface area contributed by atoms with E-state index in [9.17, 15) is 4.79 Å². The summed E-state index contributed by atoms with van der Waals surface area (Å²) in [4.78, 5) is 12.6. The van der Waals surface area contributed by atoms with Gasteiger partial charge in [-0.15, -0.1) is 0 Å². The number of benzene rings is 1. The number of rotatable bonds is 7. The van der Waals surface area contributed by atoms with Crippen LogP contribution in [0.15, 0.2) is 30.5 Å². The first-order valence-electron chi connectivity index (χ1n) is 7.65. The number of hydrogen-bond acceptors (Lipinski definition) is 6. The minimum Gasteiger partial charge on any atom is -0.497 e. The van der Waals surface area contributed by atoms with Gasteiger partial charge in [-0.25, -0.2) is 0 Å². The maximum absolute atomic E-state index is 12.6. The first-order chi connectivity index (χ1) is 12.0. The smallest absolute Gasteiger partial charge is 0.317 e. The molecule has 0 aliphatic carbocycles. The maximum Gasteiger partial charge on any atom is 0.317 e. The van der Waals surface area contributed by atoms with Crippen molar-refractivity contribution in [2.24, 2.45) is 5.92 Å². The molecule has 25 heavy (non-hydrogen) atoms. The molecule has 2 atom stereocenters. The monoisotopic (exact) mass is 366 g/mol. The van der Waals surface area contributed by atoms with Crippen LogP contribution in [0.4, 0.5) is 0 Å². The summed E-state index contributed by atoms with van der Waals surface area (Å²) in [5, 5.41) is 6.37. The van der Waals surface area contributed by atoms with Crippen molar-refractivity contribution in [3.8, 4) is 11.5 Å². The molecule has 1 aromatic rings. The van der Waals surface area contributed by atoms with Gasteiger partial charge in [0, 0.05) is 18.4 Å². The second-order valence-electron chi connectivity index (χ2n) is 5.35. The van der Waals surface area contributed by atoms with E-state index >= 15 is 0 Å². The van der Waals surface area contributed by atoms with Gasteiger partial charge in [0.25, 0.3) is 0 Å². The van der Waals surface area contributed by atoms with Crippen molar-refractivity contribution in [1.29, 1.82) is 0 Å². The first-order valence-corrected chi connectivity index (χ1v) is 8.06. The highest BCUT2D eigenvalue weighted by Crippen LogP contribution is 2.37. The Labute approximate surface area is 152 Å². The summed E-state index contributed by atoms with van der Waals surface area (Å²) in [5.74, 6) is 0.119. The Bertz CT molecular complexity index is 664. The van der Waals surface area contributed by atoms with E-state index in [2.05, 4.69) is 17.2 Å². The molecule has 8 heteroatoms. The van der Waals surface area contributed by atoms with Crippen molar-refractivity contribution < 1.29 is 23.7 Å². The second kappa shape index (κ2) is 8.68. The number of ether oxygens (including phenoxy) is 4. The van der Waals surface area contributed by atoms with Gasteiger partial charge in [0.1, 0.15) is 24.0 Å². The fourth-order valence-corrected chi connectivity index (χ4v) is 2.88. The summed E-state index contributed by atoms with van der Waals surface area (Å²) in [5.41, 5.74) is 1.18. The van der Waals surface area contributed by atoms with Crippen LogP contribution >= 0.6 is 12.2 Å². The molecule has 1 fully saturated rings. The van der Waals surface area contributed by atoms with Crippen molar-refractivity contribution >= 4 is 23.3 Å². The molecule has 7 nitrogen and oxygen atoms in total. The van der Waals surface area contributed by atoms with Crippen LogP contribution in [-0.2, 0) is 14.3 Å². The number of carbonyl (C=O) groups is 1. The average molecular weight is 366 g/mol. The highest BCUT2D eigenvalue weighted by atomic mass is 32.1. The number of esters is 1. The Morgan fingerprint density at radius 3 is 2.64 bits per heavy atom. The van der Waals surface area contributed by atoms with E-state index in [1.165, 1.54) is 0 Å². The maximum atomic E-state index is 12.6. The normalized spacial score (nSPS) is 19.6. The zero-order valence-corrected chi connectivity index (χ0v) is 15.3. The molecule has 0 radical (unpaired) electrons. The van der Waals surface area contributed by atoms with Crippen molar-refractivity contribution in [2.45, 2.75) is 6.04 Å². The third-order valence-corrected chi connectivity index (χ3v) is 4.05. The molecule has 2 rings (SSSR count). The molecule has 0 saturated carbocycles. The van der Waals surface area contributed by atoms with Gasteiger partial charge in [-0.1, -0.05) is 6.58 Å². The lowest BCUT2D eigenvalue weighted by atomic mass is 9.88. The summed E-state index contributed by atoms with van der Waals surface area (Å²) in [6, 6.07) is 4.86. The minimum atomic E-state index is -0.690. The van der Waals surface area contributed by atoms with E-state index in [4.69, 9.17) is 31.2 Å². The van der Waals surface area contributed by atoms with Crippen molar-refractivity contribution in [1.82, 2.24) is 10.6 Å². The lowest BCUT2D eigenvalue weighted by molar-refractivity contribution is -0.149. The van der Waals surface area contributed by atoms with E-state index in [0.29, 0.717) is 28.9 Å². The van der Waals surface area contributed by atoms with Gasteiger partial charge in [-0.2, -0.15) is 0 Å². The quantitative estimate of drug-likeness (QED) is 0.428. The van der Waals surface area contributed by atoms with Gasteiger partial charge >= 0.3 is 5.97 Å². The van der Waals surface area contributed by atoms with Gasteiger partial charge < -0.3 is 29.6 Å². The Hall–Kier alpha value is -2.32. The largest absolute Gasteiger partial charge is 0.497 e. The molecule has 1 aromatic carbocycles. The van der Waals surface area contributed by atoms with Crippen LogP contribution in [0.1, 0.15) is 11.6 Å². The molecular weight excluding hydrogens is 344 g/mol. The Morgan fingerprint density at radius 2 is 2.00 bits per heavy atom. The van der Waals surface area contributed by atoms with Crippen LogP contribution < -0.4 is 20.1 Å². The van der Waals surface area contributed by atoms with Crippen LogP contribution in [0.25, 0.3) is 0 Å². The Kier molecular flexibility index (Phi) is 6.60. The van der Waals surface area contributed by atoms with Gasteiger partial charge in [0.15, 0.2) is 5.11 Å². The predicted octanol–water partition coefficient (Wildman–Crippen LogP) is 1.54. The number of thiocarbonyl (C=S) groups is 1. The fourth-order valence-electron chi connectivity index (χ4n) is 2.62. The lowest BCUT2D eigenvalue weighted by Gasteiger charge is -2.35. The van der Waals surface area contributed by atoms with E-state index in [-0.39, 0.29) is 6.61 Å². The first kappa shape index (κ1) is 19.0. The number of methoxy groups -OCH3 is 3. The van der Waals surface area contributed by atoms with Crippen LogP contribution in [-0.4, -0.2) is 45.6 Å². The van der Waals surface area contributed by atoms with Crippen LogP contribution in [0.5, 0.6) is 11.5 Å². The van der Waals surface area contributed by atoms with Crippen molar-refractivity contribution in [2.75, 3.05) is 34.5 Å². The van der Waals surface area contributed by atoms with Crippen LogP contribution in [0.3, 0.4) is 0 Å². The molecular formula is C17H22N2O5S. The van der Waals surface area contributed by atoms with Crippen molar-refractivity contribution in [3.63, 3.8) is 0 Å². The van der Waals surface area contributed by atoms with E-state index in [0.717, 1.165) is 5.56 Å². The third kappa shape index (κ3) is 4.40. The molecule has 0 spiro atoms. The molecule has 2 N–H and O–H groups in total. The molecule has 1 aliphatic heterocycles. The lowest BCUT2D eigenvalue weighted by Crippen LogP contribution is -2.51. The Balaban J connectivity index is 2.38. The molecule has 1 heterocycles. The highest BCUT2D eigenvalue weighted by molar-refractivity contribution is 7.80. The van der Waals surface area contributed by atoms with Gasteiger partial charge in [-0.05, 0) is 30.4 Å². The molecule has 0 unspecified atom stereocenters. The summed E-state index contributed by atoms with van der Waals surface area (Å²) in [7, 11) is 4.67. The predicted molar refractivity (Wildman–Crippen MR) is 96.6 cm³/mol. The van der Waals surface area contributed by atoms with Gasteiger partial charge in [0.2, 0.25) is 0 Å². The van der Waals surface area contributed by atoms with Crippen LogP contribution in [0.2, 0.25) is 0 Å². The molecule has 0 bridgehead atoms. The van der Waals surface area contributed by atoms with E-state index in [1.807, 2.05) is 0 Å². The number of nitrogens with one attached hydrogen (secondary N) is 2. The fraction of sp³-hybridized carbons (Fsp3) is 0.412. The molecule has 1 saturated heterocycles. The zero-order valence-electron chi connectivity index (χ0n) is 14.5. The van der Waals surface area contributed by atoms with E-state index in [1.54, 1.807) is 39.5 Å². The summed E-state index contributed by atoms with van der Waals surface area (Å²) < 4.78 is 20.9. The standard InChI is InChI=1S/C17H22N2O5S/c1-10-14(16(20)24-8-7-21-2)15(19-17(25)18-10)12-9-11(22-3)5-6-13(12)23-4/h5-6,9,14-15H,1,7-8H2,2-4H3,(H2,18,19,25)/t14-,15+/m0/s1. The van der Waals surface area contributed by atoms with Crippen LogP contribution in [0, 0.1) is 5.92 Å². The number of carbonyl (C=O) groups excluding carboxylic acids is 1. The number of hydrogen-bond donors (Lipinski definition) is 2. The van der Waals surface area contributed by atoms with E-state index < -0.39 is 17.9 Å². The Morgan fingerprint density at radius 1 is 1.24 bits per heavy atom. The minimum absolute atomic E-state index is 0.158. The highest BCUT2D eigenvalue weighted by Gasteiger charge is 2.39. The zero-order chi connectivity index (χ0) is 18.4. The average Bonchev–Trinajstić information content (AvgIpc) is 2.60. The SMILES string of the molecule is C=C1NC(=S)N[C@H](c2cc(OC)ccc2OC)[C@H]1C(=O)OCCOC. The topological polar surface area (TPSA) is 78.0 Å². The summed E-state index contributed by atoms with van der Waals surface area (Å²) >= 11 is 5.22.